The highest BCUT2D eigenvalue weighted by atomic mass is 16.4. The molecule has 22 heavy (non-hydrogen) atoms. The Labute approximate surface area is 128 Å². The van der Waals surface area contributed by atoms with Gasteiger partial charge >= 0.3 is 17.9 Å². The van der Waals surface area contributed by atoms with E-state index in [0.29, 0.717) is 0 Å². The first-order chi connectivity index (χ1) is 9.95. The largest absolute Gasteiger partial charge is 0.481 e. The van der Waals surface area contributed by atoms with E-state index < -0.39 is 23.3 Å². The maximum absolute atomic E-state index is 9.64. The van der Waals surface area contributed by atoms with Crippen LogP contribution in [0.15, 0.2) is 12.2 Å². The quantitative estimate of drug-likeness (QED) is 0.339. The number of carboxylic acids is 3. The van der Waals surface area contributed by atoms with Crippen molar-refractivity contribution in [2.45, 2.75) is 26.7 Å². The molecule has 0 heterocycles. The van der Waals surface area contributed by atoms with Crippen LogP contribution in [0, 0.1) is 5.41 Å². The summed E-state index contributed by atoms with van der Waals surface area (Å²) in [5.74, 6) is -3.09. The van der Waals surface area contributed by atoms with E-state index in [0.717, 1.165) is 0 Å². The highest BCUT2D eigenvalue weighted by Gasteiger charge is 2.20. The minimum absolute atomic E-state index is 0.176. The van der Waals surface area contributed by atoms with Crippen LogP contribution in [-0.4, -0.2) is 68.4 Å². The van der Waals surface area contributed by atoms with Crippen molar-refractivity contribution >= 4 is 17.9 Å². The summed E-state index contributed by atoms with van der Waals surface area (Å²) < 4.78 is 0. The van der Waals surface area contributed by atoms with Gasteiger partial charge in [-0.3, -0.25) is 9.59 Å². The average Bonchev–Trinajstić information content (AvgIpc) is 2.45. The van der Waals surface area contributed by atoms with Crippen LogP contribution in [0.3, 0.4) is 0 Å². The summed E-state index contributed by atoms with van der Waals surface area (Å²) in [6.45, 7) is 5.66. The Morgan fingerprint density at radius 2 is 1.09 bits per heavy atom. The predicted molar refractivity (Wildman–Crippen MR) is 76.3 cm³/mol. The van der Waals surface area contributed by atoms with Gasteiger partial charge in [-0.1, -0.05) is 13.5 Å². The molecule has 0 aliphatic rings. The van der Waals surface area contributed by atoms with Crippen LogP contribution in [0.4, 0.5) is 0 Å². The Bertz CT molecular complexity index is 324. The molecule has 0 radical (unpaired) electrons. The Hall–Kier alpha value is -1.97. The molecule has 0 aromatic rings. The van der Waals surface area contributed by atoms with Gasteiger partial charge in [-0.2, -0.15) is 0 Å². The second kappa shape index (κ2) is 14.0. The highest BCUT2D eigenvalue weighted by Crippen LogP contribution is 2.10. The lowest BCUT2D eigenvalue weighted by atomic mass is 9.95. The van der Waals surface area contributed by atoms with Crippen LogP contribution < -0.4 is 0 Å². The van der Waals surface area contributed by atoms with Crippen molar-refractivity contribution in [3.8, 4) is 0 Å². The Balaban J connectivity index is -0.000000249. The molecule has 0 aromatic heterocycles. The summed E-state index contributed by atoms with van der Waals surface area (Å²) in [7, 11) is 0. The number of aliphatic carboxylic acids is 3. The van der Waals surface area contributed by atoms with Gasteiger partial charge in [0.05, 0.1) is 32.7 Å². The van der Waals surface area contributed by atoms with Crippen molar-refractivity contribution in [2.24, 2.45) is 5.41 Å². The third-order valence-electron chi connectivity index (χ3n) is 2.06. The summed E-state index contributed by atoms with van der Waals surface area (Å²) in [5, 5.41) is 49.1. The molecule has 0 rings (SSSR count). The summed E-state index contributed by atoms with van der Waals surface area (Å²) in [5.41, 5.74) is -0.532. The standard InChI is InChI=1S/C5H12O3.C4H6O4.C4H6O2/c1-5(2-6,3-7)4-8;5-3(6)1-2-4(7)8;1-3(2)4(5)6/h6-8H,2-4H2,1H3;1-2H2,(H,5,6)(H,7,8);1H2,2H3,(H,5,6). The van der Waals surface area contributed by atoms with Crippen LogP contribution in [0.1, 0.15) is 26.7 Å². The minimum Gasteiger partial charge on any atom is -0.481 e. The molecule has 0 saturated heterocycles. The fraction of sp³-hybridized carbons (Fsp3) is 0.615. The summed E-state index contributed by atoms with van der Waals surface area (Å²) in [6.07, 6.45) is -0.593. The van der Waals surface area contributed by atoms with E-state index in [-0.39, 0.29) is 38.2 Å². The number of aliphatic hydroxyl groups excluding tert-OH is 3. The van der Waals surface area contributed by atoms with Crippen molar-refractivity contribution in [3.05, 3.63) is 12.2 Å². The van der Waals surface area contributed by atoms with Gasteiger partial charge in [-0.05, 0) is 6.92 Å². The monoisotopic (exact) mass is 324 g/mol. The molecule has 0 spiro atoms. The van der Waals surface area contributed by atoms with Crippen molar-refractivity contribution in [1.29, 1.82) is 0 Å². The third-order valence-corrected chi connectivity index (χ3v) is 2.06. The summed E-state index contributed by atoms with van der Waals surface area (Å²) in [4.78, 5) is 28.9. The van der Waals surface area contributed by atoms with Crippen molar-refractivity contribution in [1.82, 2.24) is 0 Å². The normalized spacial score (nSPS) is 9.50. The molecule has 0 aliphatic carbocycles. The Morgan fingerprint density at radius 1 is 0.864 bits per heavy atom. The lowest BCUT2D eigenvalue weighted by molar-refractivity contribution is -0.143. The van der Waals surface area contributed by atoms with Crippen LogP contribution in [0.25, 0.3) is 0 Å². The molecule has 9 nitrogen and oxygen atoms in total. The van der Waals surface area contributed by atoms with E-state index in [4.69, 9.17) is 30.6 Å². The van der Waals surface area contributed by atoms with Gasteiger partial charge in [0.1, 0.15) is 0 Å². The van der Waals surface area contributed by atoms with Gasteiger partial charge in [-0.25, -0.2) is 4.79 Å². The van der Waals surface area contributed by atoms with E-state index in [1.54, 1.807) is 6.92 Å². The van der Waals surface area contributed by atoms with E-state index in [1.165, 1.54) is 6.92 Å². The zero-order valence-electron chi connectivity index (χ0n) is 12.7. The number of carboxylic acid groups (broad SMARTS) is 3. The molecule has 0 aliphatic heterocycles. The highest BCUT2D eigenvalue weighted by molar-refractivity contribution is 5.84. The van der Waals surface area contributed by atoms with Crippen LogP contribution in [0.5, 0.6) is 0 Å². The molecule has 9 heteroatoms. The van der Waals surface area contributed by atoms with Crippen molar-refractivity contribution in [3.63, 3.8) is 0 Å². The smallest absolute Gasteiger partial charge is 0.330 e. The fourth-order valence-corrected chi connectivity index (χ4v) is 0.364. The van der Waals surface area contributed by atoms with Gasteiger partial charge in [0.2, 0.25) is 0 Å². The van der Waals surface area contributed by atoms with E-state index in [9.17, 15) is 14.4 Å². The molecular weight excluding hydrogens is 300 g/mol. The van der Waals surface area contributed by atoms with Crippen LogP contribution in [0.2, 0.25) is 0 Å². The molecule has 0 fully saturated rings. The van der Waals surface area contributed by atoms with Gasteiger partial charge in [0.15, 0.2) is 0 Å². The van der Waals surface area contributed by atoms with Crippen LogP contribution in [-0.2, 0) is 14.4 Å². The first-order valence-electron chi connectivity index (χ1n) is 6.10. The maximum Gasteiger partial charge on any atom is 0.330 e. The third kappa shape index (κ3) is 20.3. The topological polar surface area (TPSA) is 173 Å². The van der Waals surface area contributed by atoms with E-state index >= 15 is 0 Å². The first kappa shape index (κ1) is 25.0. The Kier molecular flexibility index (Phi) is 15.9. The fourth-order valence-electron chi connectivity index (χ4n) is 0.364. The maximum atomic E-state index is 9.64. The zero-order chi connectivity index (χ0) is 18.3. The average molecular weight is 324 g/mol. The zero-order valence-corrected chi connectivity index (χ0v) is 12.7. The molecule has 6 N–H and O–H groups in total. The lowest BCUT2D eigenvalue weighted by Gasteiger charge is -2.20. The molecule has 0 aromatic carbocycles. The number of hydrogen-bond donors (Lipinski definition) is 6. The molecular formula is C13H24O9. The van der Waals surface area contributed by atoms with Gasteiger partial charge in [0, 0.05) is 11.0 Å². The van der Waals surface area contributed by atoms with Crippen molar-refractivity contribution in [2.75, 3.05) is 19.8 Å². The summed E-state index contributed by atoms with van der Waals surface area (Å²) >= 11 is 0. The lowest BCUT2D eigenvalue weighted by Crippen LogP contribution is -2.29. The van der Waals surface area contributed by atoms with Crippen LogP contribution >= 0.6 is 0 Å². The number of rotatable bonds is 7. The SMILES string of the molecule is C=C(C)C(=O)O.CC(CO)(CO)CO.O=C(O)CCC(=O)O. The molecule has 0 saturated carbocycles. The molecule has 0 unspecified atom stereocenters. The van der Waals surface area contributed by atoms with E-state index in [1.807, 2.05) is 0 Å². The minimum atomic E-state index is -1.08. The van der Waals surface area contributed by atoms with Crippen molar-refractivity contribution < 1.29 is 45.0 Å². The molecule has 0 atom stereocenters. The summed E-state index contributed by atoms with van der Waals surface area (Å²) in [6, 6.07) is 0. The van der Waals surface area contributed by atoms with Gasteiger partial charge in [0.25, 0.3) is 0 Å². The molecule has 0 amide bonds. The molecule has 0 bridgehead atoms. The predicted octanol–water partition coefficient (Wildman–Crippen LogP) is -0.447. The second-order valence-corrected chi connectivity index (χ2v) is 4.66. The van der Waals surface area contributed by atoms with E-state index in [2.05, 4.69) is 6.58 Å². The number of carbonyl (C=O) groups is 3. The van der Waals surface area contributed by atoms with Gasteiger partial charge in [-0.15, -0.1) is 0 Å². The first-order valence-corrected chi connectivity index (χ1v) is 6.10. The Morgan fingerprint density at radius 3 is 1.14 bits per heavy atom. The number of aliphatic hydroxyl groups is 3. The molecule has 130 valence electrons. The van der Waals surface area contributed by atoms with Gasteiger partial charge < -0.3 is 30.6 Å². The second-order valence-electron chi connectivity index (χ2n) is 4.66. The number of hydrogen-bond acceptors (Lipinski definition) is 6.